The third kappa shape index (κ3) is 4.20. The van der Waals surface area contributed by atoms with Crippen molar-refractivity contribution < 1.29 is 14.4 Å². The highest BCUT2D eigenvalue weighted by Crippen LogP contribution is 2.31. The molecule has 1 fully saturated rings. The fraction of sp³-hybridized carbons (Fsp3) is 0.125. The van der Waals surface area contributed by atoms with Gasteiger partial charge < -0.3 is 5.32 Å². The number of anilines is 1. The van der Waals surface area contributed by atoms with Gasteiger partial charge in [-0.15, -0.1) is 0 Å². The molecule has 1 saturated heterocycles. The van der Waals surface area contributed by atoms with E-state index in [0.717, 1.165) is 10.5 Å². The zero-order chi connectivity index (χ0) is 22.2. The second-order valence-corrected chi connectivity index (χ2v) is 8.47. The number of carbonyl (C=O) groups is 3. The van der Waals surface area contributed by atoms with Crippen LogP contribution in [0, 0.1) is 0 Å². The summed E-state index contributed by atoms with van der Waals surface area (Å²) in [4.78, 5) is 39.3. The summed E-state index contributed by atoms with van der Waals surface area (Å²) in [6, 6.07) is 20.1. The van der Waals surface area contributed by atoms with Crippen molar-refractivity contribution >= 4 is 46.6 Å². The molecule has 1 atom stereocenters. The number of ketones is 1. The van der Waals surface area contributed by atoms with Crippen LogP contribution < -0.4 is 10.2 Å². The maximum atomic E-state index is 13.1. The normalized spacial score (nSPS) is 18.2. The standard InChI is InChI=1S/C24H18Cl2N2O3/c1-24(22(30)28(23(31)27-24)20-12-18(25)11-19(26)13-20)14-15-7-9-17(10-8-15)21(29)16-5-3-2-4-6-16/h2-13H,14H2,1H3,(H,27,31)/t24-/m1/s1. The van der Waals surface area contributed by atoms with Crippen molar-refractivity contribution in [1.29, 1.82) is 0 Å². The Bertz CT molecular complexity index is 1160. The molecule has 3 aromatic rings. The monoisotopic (exact) mass is 452 g/mol. The summed E-state index contributed by atoms with van der Waals surface area (Å²) < 4.78 is 0. The van der Waals surface area contributed by atoms with Gasteiger partial charge >= 0.3 is 6.03 Å². The van der Waals surface area contributed by atoms with Crippen molar-refractivity contribution in [2.75, 3.05) is 4.90 Å². The number of rotatable bonds is 5. The van der Waals surface area contributed by atoms with Crippen LogP contribution in [0.1, 0.15) is 28.4 Å². The van der Waals surface area contributed by atoms with E-state index in [2.05, 4.69) is 5.32 Å². The zero-order valence-corrected chi connectivity index (χ0v) is 18.1. The van der Waals surface area contributed by atoms with Crippen LogP contribution in [0.5, 0.6) is 0 Å². The first kappa shape index (κ1) is 21.1. The Labute approximate surface area is 189 Å². The van der Waals surface area contributed by atoms with E-state index in [-0.39, 0.29) is 12.2 Å². The molecule has 156 valence electrons. The molecule has 7 heteroatoms. The molecule has 0 unspecified atom stereocenters. The summed E-state index contributed by atoms with van der Waals surface area (Å²) in [7, 11) is 0. The Kier molecular flexibility index (Phi) is 5.56. The summed E-state index contributed by atoms with van der Waals surface area (Å²) in [5, 5.41) is 3.42. The maximum absolute atomic E-state index is 13.1. The number of benzene rings is 3. The molecule has 0 bridgehead atoms. The number of urea groups is 1. The second kappa shape index (κ2) is 8.17. The number of hydrogen-bond acceptors (Lipinski definition) is 3. The number of imide groups is 1. The predicted molar refractivity (Wildman–Crippen MR) is 121 cm³/mol. The molecule has 5 nitrogen and oxygen atoms in total. The quantitative estimate of drug-likeness (QED) is 0.422. The van der Waals surface area contributed by atoms with Crippen LogP contribution >= 0.6 is 23.2 Å². The highest BCUT2D eigenvalue weighted by atomic mass is 35.5. The fourth-order valence-corrected chi connectivity index (χ4v) is 4.16. The topological polar surface area (TPSA) is 66.5 Å². The summed E-state index contributed by atoms with van der Waals surface area (Å²) in [5.74, 6) is -0.479. The molecule has 3 amide bonds. The van der Waals surface area contributed by atoms with Gasteiger partial charge in [0.1, 0.15) is 5.54 Å². The van der Waals surface area contributed by atoms with Crippen molar-refractivity contribution in [3.8, 4) is 0 Å². The minimum atomic E-state index is -1.14. The van der Waals surface area contributed by atoms with Gasteiger partial charge in [-0.25, -0.2) is 9.69 Å². The highest BCUT2D eigenvalue weighted by Gasteiger charge is 2.48. The molecule has 0 aromatic heterocycles. The van der Waals surface area contributed by atoms with E-state index >= 15 is 0 Å². The van der Waals surface area contributed by atoms with Crippen LogP contribution in [0.3, 0.4) is 0 Å². The molecule has 1 aliphatic rings. The number of nitrogens with zero attached hydrogens (tertiary/aromatic N) is 1. The average Bonchev–Trinajstić information content (AvgIpc) is 2.96. The van der Waals surface area contributed by atoms with E-state index in [1.165, 1.54) is 18.2 Å². The van der Waals surface area contributed by atoms with Crippen LogP contribution in [0.15, 0.2) is 72.8 Å². The summed E-state index contributed by atoms with van der Waals surface area (Å²) in [5.41, 5.74) is 1.14. The number of halogens is 2. The number of amides is 3. The smallest absolute Gasteiger partial charge is 0.323 e. The second-order valence-electron chi connectivity index (χ2n) is 7.60. The van der Waals surface area contributed by atoms with E-state index in [1.54, 1.807) is 43.3 Å². The molecule has 1 heterocycles. The Balaban J connectivity index is 1.54. The Morgan fingerprint density at radius 3 is 2.10 bits per heavy atom. The van der Waals surface area contributed by atoms with Gasteiger partial charge in [0, 0.05) is 27.6 Å². The van der Waals surface area contributed by atoms with Gasteiger partial charge in [0.05, 0.1) is 5.69 Å². The first-order chi connectivity index (χ1) is 14.8. The third-order valence-electron chi connectivity index (χ3n) is 5.18. The molecule has 0 radical (unpaired) electrons. The lowest BCUT2D eigenvalue weighted by Crippen LogP contribution is -2.46. The summed E-state index contributed by atoms with van der Waals surface area (Å²) in [6.07, 6.45) is 0.266. The van der Waals surface area contributed by atoms with E-state index in [9.17, 15) is 14.4 Å². The first-order valence-electron chi connectivity index (χ1n) is 9.58. The Morgan fingerprint density at radius 2 is 1.48 bits per heavy atom. The van der Waals surface area contributed by atoms with Gasteiger partial charge in [0.2, 0.25) is 0 Å². The molecule has 1 N–H and O–H groups in total. The van der Waals surface area contributed by atoms with E-state index in [1.807, 2.05) is 18.2 Å². The predicted octanol–water partition coefficient (Wildman–Crippen LogP) is 5.28. The van der Waals surface area contributed by atoms with Gasteiger partial charge in [-0.2, -0.15) is 0 Å². The molecule has 0 spiro atoms. The summed E-state index contributed by atoms with van der Waals surface area (Å²) in [6.45, 7) is 1.67. The minimum Gasteiger partial charge on any atom is -0.323 e. The lowest BCUT2D eigenvalue weighted by molar-refractivity contribution is -0.121. The van der Waals surface area contributed by atoms with Crippen molar-refractivity contribution in [1.82, 2.24) is 5.32 Å². The number of carbonyl (C=O) groups excluding carboxylic acids is 3. The van der Waals surface area contributed by atoms with Gasteiger partial charge in [-0.1, -0.05) is 77.8 Å². The van der Waals surface area contributed by atoms with Gasteiger partial charge in [0.15, 0.2) is 5.78 Å². The SMILES string of the molecule is C[C@]1(Cc2ccc(C(=O)c3ccccc3)cc2)NC(=O)N(c2cc(Cl)cc(Cl)c2)C1=O. The van der Waals surface area contributed by atoms with E-state index in [4.69, 9.17) is 23.2 Å². The zero-order valence-electron chi connectivity index (χ0n) is 16.6. The molecule has 0 saturated carbocycles. The first-order valence-corrected chi connectivity index (χ1v) is 10.3. The van der Waals surface area contributed by atoms with Crippen molar-refractivity contribution in [3.05, 3.63) is 99.5 Å². The van der Waals surface area contributed by atoms with Crippen molar-refractivity contribution in [2.24, 2.45) is 0 Å². The van der Waals surface area contributed by atoms with Gasteiger partial charge in [-0.3, -0.25) is 9.59 Å². The molecule has 0 aliphatic carbocycles. The van der Waals surface area contributed by atoms with Crippen LogP contribution in [-0.4, -0.2) is 23.3 Å². The van der Waals surface area contributed by atoms with Crippen LogP contribution in [-0.2, 0) is 11.2 Å². The van der Waals surface area contributed by atoms with E-state index in [0.29, 0.717) is 26.9 Å². The van der Waals surface area contributed by atoms with E-state index < -0.39 is 17.5 Å². The highest BCUT2D eigenvalue weighted by molar-refractivity contribution is 6.35. The molecule has 31 heavy (non-hydrogen) atoms. The van der Waals surface area contributed by atoms with Crippen molar-refractivity contribution in [2.45, 2.75) is 18.9 Å². The molecule has 4 rings (SSSR count). The van der Waals surface area contributed by atoms with Crippen LogP contribution in [0.25, 0.3) is 0 Å². The molecule has 3 aromatic carbocycles. The van der Waals surface area contributed by atoms with Crippen LogP contribution in [0.2, 0.25) is 10.0 Å². The maximum Gasteiger partial charge on any atom is 0.329 e. The Hall–Kier alpha value is -3.15. The average molecular weight is 453 g/mol. The van der Waals surface area contributed by atoms with Crippen LogP contribution in [0.4, 0.5) is 10.5 Å². The largest absolute Gasteiger partial charge is 0.329 e. The number of hydrogen-bond donors (Lipinski definition) is 1. The third-order valence-corrected chi connectivity index (χ3v) is 5.61. The van der Waals surface area contributed by atoms with Gasteiger partial charge in [-0.05, 0) is 30.7 Å². The van der Waals surface area contributed by atoms with Gasteiger partial charge in [0.25, 0.3) is 5.91 Å². The summed E-state index contributed by atoms with van der Waals surface area (Å²) >= 11 is 12.1. The molecular formula is C24H18Cl2N2O3. The fourth-order valence-electron chi connectivity index (χ4n) is 3.65. The lowest BCUT2D eigenvalue weighted by atomic mass is 9.91. The Morgan fingerprint density at radius 1 is 0.903 bits per heavy atom. The number of nitrogens with one attached hydrogen (secondary N) is 1. The molecule has 1 aliphatic heterocycles. The molecular weight excluding hydrogens is 435 g/mol. The minimum absolute atomic E-state index is 0.0763. The van der Waals surface area contributed by atoms with Crippen molar-refractivity contribution in [3.63, 3.8) is 0 Å². The lowest BCUT2D eigenvalue weighted by Gasteiger charge is -2.22.